The van der Waals surface area contributed by atoms with E-state index in [0.29, 0.717) is 46.5 Å². The maximum atomic E-state index is 14.6. The van der Waals surface area contributed by atoms with Gasteiger partial charge in [0.1, 0.15) is 11.5 Å². The molecule has 2 N–H and O–H groups in total. The van der Waals surface area contributed by atoms with Crippen molar-refractivity contribution in [1.29, 1.82) is 0 Å². The number of carbonyl (C=O) groups is 1. The second-order valence-corrected chi connectivity index (χ2v) is 13.8. The van der Waals surface area contributed by atoms with Crippen LogP contribution in [0.4, 0.5) is 21.7 Å². The molecule has 3 aliphatic rings. The van der Waals surface area contributed by atoms with Gasteiger partial charge in [0.15, 0.2) is 0 Å². The van der Waals surface area contributed by atoms with Crippen LogP contribution in [0.25, 0.3) is 22.2 Å². The van der Waals surface area contributed by atoms with Gasteiger partial charge in [0.2, 0.25) is 11.9 Å². The number of anilines is 3. The number of hydrogen-bond donors (Lipinski definition) is 2. The average molecular weight is 658 g/mol. The summed E-state index contributed by atoms with van der Waals surface area (Å²) in [4.78, 5) is 41.3. The monoisotopic (exact) mass is 657 g/mol. The molecule has 11 heteroatoms. The molecular formula is C36H41ClFN7O2. The number of amides is 1. The number of nitrogens with zero attached hydrogens (tertiary/aromatic N) is 5. The van der Waals surface area contributed by atoms with E-state index in [4.69, 9.17) is 16.6 Å². The molecule has 0 unspecified atom stereocenters. The lowest BCUT2D eigenvalue weighted by Gasteiger charge is -2.35. The molecule has 1 amide bonds. The molecule has 3 fully saturated rings. The number of aromatic nitrogens is 3. The number of piperazine rings is 1. The maximum absolute atomic E-state index is 14.6. The van der Waals surface area contributed by atoms with Gasteiger partial charge in [-0.25, -0.2) is 9.37 Å². The lowest BCUT2D eigenvalue weighted by atomic mass is 9.90. The number of fused-ring (bicyclic) bond motifs is 1. The molecule has 2 saturated carbocycles. The van der Waals surface area contributed by atoms with E-state index >= 15 is 0 Å². The summed E-state index contributed by atoms with van der Waals surface area (Å²) >= 11 is 6.44. The van der Waals surface area contributed by atoms with E-state index in [9.17, 15) is 14.0 Å². The Hall–Kier alpha value is -4.02. The largest absolute Gasteiger partial charge is 0.369 e. The predicted molar refractivity (Wildman–Crippen MR) is 185 cm³/mol. The highest BCUT2D eigenvalue weighted by atomic mass is 35.5. The smallest absolute Gasteiger partial charge is 0.260 e. The van der Waals surface area contributed by atoms with Crippen molar-refractivity contribution in [2.24, 2.45) is 5.92 Å². The van der Waals surface area contributed by atoms with Crippen LogP contribution in [0.15, 0.2) is 47.4 Å². The first-order valence-electron chi connectivity index (χ1n) is 16.7. The van der Waals surface area contributed by atoms with Gasteiger partial charge in [0.05, 0.1) is 10.6 Å². The van der Waals surface area contributed by atoms with Crippen LogP contribution in [0.3, 0.4) is 0 Å². The van der Waals surface area contributed by atoms with Crippen LogP contribution in [0, 0.1) is 25.6 Å². The van der Waals surface area contributed by atoms with Crippen LogP contribution in [0.2, 0.25) is 5.02 Å². The third kappa shape index (κ3) is 6.33. The van der Waals surface area contributed by atoms with Crippen molar-refractivity contribution in [2.45, 2.75) is 64.5 Å². The Morgan fingerprint density at radius 2 is 1.74 bits per heavy atom. The zero-order valence-electron chi connectivity index (χ0n) is 27.2. The first-order chi connectivity index (χ1) is 22.7. The summed E-state index contributed by atoms with van der Waals surface area (Å²) in [5.74, 6) is 0.110. The minimum Gasteiger partial charge on any atom is -0.369 e. The minimum absolute atomic E-state index is 0.0836. The standard InChI is InChI=1S/C36H41ClFN7O2/c1-21-19-25(11-14-30(21)44-17-15-43(3)16-18-44)41-36-39-20-28-22(2)31(27-5-4-6-29(38)32(27)37)35(47)45(33(28)42-36)26-12-9-24(10-13-26)40-34(46)23-7-8-23/h4-6,11,14,19-20,23-24,26H,7-10,12-13,15-18H2,1-3H3,(H,40,46)(H,39,41,42)/t24-,26+. The van der Waals surface area contributed by atoms with Gasteiger partial charge in [-0.05, 0) is 94.8 Å². The van der Waals surface area contributed by atoms with E-state index in [2.05, 4.69) is 51.5 Å². The lowest BCUT2D eigenvalue weighted by Crippen LogP contribution is -2.44. The zero-order chi connectivity index (χ0) is 32.8. The quantitative estimate of drug-likeness (QED) is 0.238. The second kappa shape index (κ2) is 12.9. The maximum Gasteiger partial charge on any atom is 0.260 e. The number of nitrogens with one attached hydrogen (secondary N) is 2. The number of likely N-dealkylation sites (N-methyl/N-ethyl adjacent to an activating group) is 1. The first-order valence-corrected chi connectivity index (χ1v) is 17.0. The summed E-state index contributed by atoms with van der Waals surface area (Å²) in [5, 5.41) is 7.20. The molecule has 0 radical (unpaired) electrons. The molecule has 4 aromatic rings. The van der Waals surface area contributed by atoms with E-state index in [1.807, 2.05) is 13.0 Å². The highest BCUT2D eigenvalue weighted by Gasteiger charge is 2.33. The van der Waals surface area contributed by atoms with E-state index in [1.54, 1.807) is 22.9 Å². The Morgan fingerprint density at radius 1 is 1.00 bits per heavy atom. The Kier molecular flexibility index (Phi) is 8.65. The van der Waals surface area contributed by atoms with Crippen LogP contribution < -0.4 is 21.1 Å². The number of aryl methyl sites for hydroxylation is 2. The summed E-state index contributed by atoms with van der Waals surface area (Å²) in [6, 6.07) is 10.8. The molecule has 9 nitrogen and oxygen atoms in total. The van der Waals surface area contributed by atoms with Gasteiger partial charge in [-0.1, -0.05) is 23.7 Å². The molecular weight excluding hydrogens is 617 g/mol. The number of halogens is 2. The molecule has 2 aromatic carbocycles. The average Bonchev–Trinajstić information content (AvgIpc) is 3.91. The third-order valence-electron chi connectivity index (χ3n) is 10.1. The number of carbonyl (C=O) groups excluding carboxylic acids is 1. The zero-order valence-corrected chi connectivity index (χ0v) is 27.9. The molecule has 0 spiro atoms. The minimum atomic E-state index is -0.578. The topological polar surface area (TPSA) is 95.4 Å². The van der Waals surface area contributed by atoms with Crippen LogP contribution in [-0.2, 0) is 4.79 Å². The molecule has 0 bridgehead atoms. The summed E-state index contributed by atoms with van der Waals surface area (Å²) in [6.07, 6.45) is 6.58. The number of hydrogen-bond acceptors (Lipinski definition) is 7. The van der Waals surface area contributed by atoms with Gasteiger partial charge in [-0.15, -0.1) is 0 Å². The van der Waals surface area contributed by atoms with Gasteiger partial charge in [0, 0.05) is 72.7 Å². The van der Waals surface area contributed by atoms with Gasteiger partial charge in [-0.3, -0.25) is 14.2 Å². The molecule has 246 valence electrons. The van der Waals surface area contributed by atoms with Crippen molar-refractivity contribution in [2.75, 3.05) is 43.4 Å². The van der Waals surface area contributed by atoms with Crippen molar-refractivity contribution in [1.82, 2.24) is 24.8 Å². The SMILES string of the molecule is Cc1cc(Nc2ncc3c(C)c(-c4cccc(F)c4Cl)c(=O)n([C@H]4CC[C@@H](NC(=O)C5CC5)CC4)c3n2)ccc1N1CCN(C)CC1. The van der Waals surface area contributed by atoms with E-state index in [1.165, 1.54) is 11.8 Å². The van der Waals surface area contributed by atoms with Gasteiger partial charge < -0.3 is 20.4 Å². The normalized spacial score (nSPS) is 20.4. The molecule has 0 atom stereocenters. The molecule has 3 heterocycles. The van der Waals surface area contributed by atoms with E-state index < -0.39 is 5.82 Å². The van der Waals surface area contributed by atoms with Crippen LogP contribution in [-0.4, -0.2) is 64.6 Å². The summed E-state index contributed by atoms with van der Waals surface area (Å²) in [7, 11) is 2.15. The van der Waals surface area contributed by atoms with E-state index in [-0.39, 0.29) is 34.5 Å². The Balaban J connectivity index is 1.24. The van der Waals surface area contributed by atoms with Gasteiger partial charge in [0.25, 0.3) is 5.56 Å². The van der Waals surface area contributed by atoms with Crippen molar-refractivity contribution < 1.29 is 9.18 Å². The van der Waals surface area contributed by atoms with E-state index in [0.717, 1.165) is 63.1 Å². The Labute approximate surface area is 279 Å². The van der Waals surface area contributed by atoms with Crippen molar-refractivity contribution in [3.05, 3.63) is 74.9 Å². The Morgan fingerprint density at radius 3 is 2.45 bits per heavy atom. The Bertz CT molecular complexity index is 1890. The van der Waals surface area contributed by atoms with Crippen LogP contribution in [0.5, 0.6) is 0 Å². The first kappa shape index (κ1) is 31.6. The summed E-state index contributed by atoms with van der Waals surface area (Å²) < 4.78 is 16.4. The molecule has 2 aromatic heterocycles. The lowest BCUT2D eigenvalue weighted by molar-refractivity contribution is -0.123. The molecule has 47 heavy (non-hydrogen) atoms. The van der Waals surface area contributed by atoms with Gasteiger partial charge in [-0.2, -0.15) is 4.98 Å². The fraction of sp³-hybridized carbons (Fsp3) is 0.444. The fourth-order valence-corrected chi connectivity index (χ4v) is 7.37. The second-order valence-electron chi connectivity index (χ2n) is 13.4. The van der Waals surface area contributed by atoms with Crippen molar-refractivity contribution in [3.63, 3.8) is 0 Å². The van der Waals surface area contributed by atoms with Gasteiger partial charge >= 0.3 is 0 Å². The van der Waals surface area contributed by atoms with Crippen LogP contribution >= 0.6 is 11.6 Å². The summed E-state index contributed by atoms with van der Waals surface area (Å²) in [6.45, 7) is 8.01. The highest BCUT2D eigenvalue weighted by molar-refractivity contribution is 6.33. The summed E-state index contributed by atoms with van der Waals surface area (Å²) in [5.41, 5.74) is 4.87. The van der Waals surface area contributed by atoms with Crippen LogP contribution in [0.1, 0.15) is 55.7 Å². The molecule has 1 saturated heterocycles. The molecule has 2 aliphatic carbocycles. The third-order valence-corrected chi connectivity index (χ3v) is 10.5. The van der Waals surface area contributed by atoms with Crippen molar-refractivity contribution >= 4 is 45.9 Å². The predicted octanol–water partition coefficient (Wildman–Crippen LogP) is 6.37. The highest BCUT2D eigenvalue weighted by Crippen LogP contribution is 2.37. The molecule has 1 aliphatic heterocycles. The molecule has 7 rings (SSSR count). The number of pyridine rings is 1. The van der Waals surface area contributed by atoms with Crippen molar-refractivity contribution in [3.8, 4) is 11.1 Å². The fourth-order valence-electron chi connectivity index (χ4n) is 7.15. The number of benzene rings is 2. The number of rotatable bonds is 7.